The molecular weight excluding hydrogens is 344 g/mol. The van der Waals surface area contributed by atoms with E-state index in [4.69, 9.17) is 0 Å². The summed E-state index contributed by atoms with van der Waals surface area (Å²) in [5.74, 6) is 0.399. The SMILES string of the molecule is CC(=O)N1CCC(C(=O)N2CCN(C(=O)Cc3cc(C)[nH]c3C)CC2)CC1. The highest BCUT2D eigenvalue weighted by atomic mass is 16.2. The van der Waals surface area contributed by atoms with E-state index in [9.17, 15) is 14.4 Å². The normalized spacial score (nSPS) is 18.7. The molecule has 0 atom stereocenters. The van der Waals surface area contributed by atoms with Crippen LogP contribution >= 0.6 is 0 Å². The van der Waals surface area contributed by atoms with Crippen LogP contribution < -0.4 is 0 Å². The molecule has 0 bridgehead atoms. The van der Waals surface area contributed by atoms with Gasteiger partial charge in [0.15, 0.2) is 0 Å². The minimum absolute atomic E-state index is 0.00772. The van der Waals surface area contributed by atoms with Gasteiger partial charge in [0, 0.05) is 63.5 Å². The van der Waals surface area contributed by atoms with Crippen LogP contribution in [0.1, 0.15) is 36.7 Å². The number of piperidine rings is 1. The van der Waals surface area contributed by atoms with Crippen LogP contribution in [0.15, 0.2) is 6.07 Å². The Bertz CT molecular complexity index is 711. The molecule has 3 heterocycles. The number of nitrogens with zero attached hydrogens (tertiary/aromatic N) is 3. The maximum atomic E-state index is 12.8. The molecule has 2 aliphatic heterocycles. The van der Waals surface area contributed by atoms with Gasteiger partial charge in [-0.3, -0.25) is 14.4 Å². The third-order valence-corrected chi connectivity index (χ3v) is 5.83. The quantitative estimate of drug-likeness (QED) is 0.861. The summed E-state index contributed by atoms with van der Waals surface area (Å²) in [5, 5.41) is 0. The van der Waals surface area contributed by atoms with Crippen LogP contribution in [0.2, 0.25) is 0 Å². The zero-order chi connectivity index (χ0) is 19.6. The minimum atomic E-state index is 0.00772. The van der Waals surface area contributed by atoms with E-state index in [1.54, 1.807) is 6.92 Å². The Morgan fingerprint density at radius 2 is 1.56 bits per heavy atom. The maximum absolute atomic E-state index is 12.8. The van der Waals surface area contributed by atoms with Crippen molar-refractivity contribution in [2.24, 2.45) is 5.92 Å². The lowest BCUT2D eigenvalue weighted by molar-refractivity contribution is -0.144. The first-order valence-corrected chi connectivity index (χ1v) is 9.82. The molecule has 0 aromatic carbocycles. The fraction of sp³-hybridized carbons (Fsp3) is 0.650. The number of aromatic amines is 1. The summed E-state index contributed by atoms with van der Waals surface area (Å²) in [7, 11) is 0. The van der Waals surface area contributed by atoms with Crippen LogP contribution in [-0.2, 0) is 20.8 Å². The summed E-state index contributed by atoms with van der Waals surface area (Å²) >= 11 is 0. The van der Waals surface area contributed by atoms with Crippen molar-refractivity contribution in [3.05, 3.63) is 23.0 Å². The molecule has 7 nitrogen and oxygen atoms in total. The number of carbonyl (C=O) groups excluding carboxylic acids is 3. The molecule has 1 aromatic heterocycles. The number of likely N-dealkylation sites (tertiary alicyclic amines) is 1. The van der Waals surface area contributed by atoms with Gasteiger partial charge >= 0.3 is 0 Å². The number of nitrogens with one attached hydrogen (secondary N) is 1. The first-order valence-electron chi connectivity index (χ1n) is 9.82. The lowest BCUT2D eigenvalue weighted by Crippen LogP contribution is -2.53. The van der Waals surface area contributed by atoms with Crippen LogP contribution in [0.4, 0.5) is 0 Å². The monoisotopic (exact) mass is 374 g/mol. The number of carbonyl (C=O) groups is 3. The van der Waals surface area contributed by atoms with E-state index in [0.717, 1.165) is 29.8 Å². The smallest absolute Gasteiger partial charge is 0.227 e. The predicted octanol–water partition coefficient (Wildman–Crippen LogP) is 1.10. The van der Waals surface area contributed by atoms with E-state index in [0.29, 0.717) is 45.7 Å². The third kappa shape index (κ3) is 4.51. The number of hydrogen-bond acceptors (Lipinski definition) is 3. The highest BCUT2D eigenvalue weighted by Crippen LogP contribution is 2.21. The van der Waals surface area contributed by atoms with Crippen molar-refractivity contribution < 1.29 is 14.4 Å². The van der Waals surface area contributed by atoms with Crippen molar-refractivity contribution in [3.8, 4) is 0 Å². The summed E-state index contributed by atoms with van der Waals surface area (Å²) in [6.45, 7) is 9.29. The number of rotatable bonds is 3. The van der Waals surface area contributed by atoms with Crippen molar-refractivity contribution in [2.45, 2.75) is 40.0 Å². The van der Waals surface area contributed by atoms with Crippen molar-refractivity contribution in [1.82, 2.24) is 19.7 Å². The summed E-state index contributed by atoms with van der Waals surface area (Å²) in [6, 6.07) is 2.03. The van der Waals surface area contributed by atoms with Gasteiger partial charge in [-0.05, 0) is 38.3 Å². The summed E-state index contributed by atoms with van der Waals surface area (Å²) < 4.78 is 0. The number of amides is 3. The number of aromatic nitrogens is 1. The molecule has 27 heavy (non-hydrogen) atoms. The van der Waals surface area contributed by atoms with Crippen molar-refractivity contribution in [3.63, 3.8) is 0 Å². The Balaban J connectivity index is 1.47. The maximum Gasteiger partial charge on any atom is 0.227 e. The molecule has 1 N–H and O–H groups in total. The molecule has 2 saturated heterocycles. The first-order chi connectivity index (χ1) is 12.8. The molecule has 0 saturated carbocycles. The Hall–Kier alpha value is -2.31. The second kappa shape index (κ2) is 8.15. The van der Waals surface area contributed by atoms with Gasteiger partial charge in [0.05, 0.1) is 6.42 Å². The lowest BCUT2D eigenvalue weighted by atomic mass is 9.95. The molecule has 3 amide bonds. The minimum Gasteiger partial charge on any atom is -0.362 e. The van der Waals surface area contributed by atoms with Gasteiger partial charge in [0.2, 0.25) is 17.7 Å². The van der Waals surface area contributed by atoms with E-state index >= 15 is 0 Å². The van der Waals surface area contributed by atoms with Crippen LogP contribution in [0.5, 0.6) is 0 Å². The molecule has 2 aliphatic rings. The van der Waals surface area contributed by atoms with E-state index in [1.165, 1.54) is 0 Å². The molecule has 148 valence electrons. The Labute approximate surface area is 160 Å². The standard InChI is InChI=1S/C20H30N4O3/c1-14-12-18(15(2)21-14)13-19(26)23-8-10-24(11-9-23)20(27)17-4-6-22(7-5-17)16(3)25/h12,17,21H,4-11,13H2,1-3H3. The molecule has 3 rings (SSSR count). The lowest BCUT2D eigenvalue weighted by Gasteiger charge is -2.38. The Morgan fingerprint density at radius 1 is 0.963 bits per heavy atom. The van der Waals surface area contributed by atoms with Gasteiger partial charge in [0.25, 0.3) is 0 Å². The molecule has 0 unspecified atom stereocenters. The average Bonchev–Trinajstić information content (AvgIpc) is 2.98. The van der Waals surface area contributed by atoms with Gasteiger partial charge in [0.1, 0.15) is 0 Å². The van der Waals surface area contributed by atoms with Gasteiger partial charge in [-0.2, -0.15) is 0 Å². The zero-order valence-corrected chi connectivity index (χ0v) is 16.6. The van der Waals surface area contributed by atoms with Crippen LogP contribution in [0.25, 0.3) is 0 Å². The summed E-state index contributed by atoms with van der Waals surface area (Å²) in [6.07, 6.45) is 1.89. The summed E-state index contributed by atoms with van der Waals surface area (Å²) in [5.41, 5.74) is 3.17. The fourth-order valence-corrected chi connectivity index (χ4v) is 4.12. The van der Waals surface area contributed by atoms with Gasteiger partial charge < -0.3 is 19.7 Å². The second-order valence-corrected chi connectivity index (χ2v) is 7.77. The molecule has 7 heteroatoms. The van der Waals surface area contributed by atoms with Gasteiger partial charge in [-0.25, -0.2) is 0 Å². The Kier molecular flexibility index (Phi) is 5.87. The largest absolute Gasteiger partial charge is 0.362 e. The van der Waals surface area contributed by atoms with Crippen LogP contribution in [-0.4, -0.2) is 76.7 Å². The van der Waals surface area contributed by atoms with E-state index in [1.807, 2.05) is 34.6 Å². The Morgan fingerprint density at radius 3 is 2.07 bits per heavy atom. The van der Waals surface area contributed by atoms with Gasteiger partial charge in [-0.15, -0.1) is 0 Å². The van der Waals surface area contributed by atoms with Crippen molar-refractivity contribution >= 4 is 17.7 Å². The van der Waals surface area contributed by atoms with Crippen molar-refractivity contribution in [2.75, 3.05) is 39.3 Å². The van der Waals surface area contributed by atoms with Gasteiger partial charge in [-0.1, -0.05) is 0 Å². The molecule has 0 spiro atoms. The highest BCUT2D eigenvalue weighted by Gasteiger charge is 2.31. The summed E-state index contributed by atoms with van der Waals surface area (Å²) in [4.78, 5) is 45.6. The molecule has 2 fully saturated rings. The van der Waals surface area contributed by atoms with E-state index in [2.05, 4.69) is 4.98 Å². The molecule has 0 aliphatic carbocycles. The second-order valence-electron chi connectivity index (χ2n) is 7.77. The zero-order valence-electron chi connectivity index (χ0n) is 16.6. The van der Waals surface area contributed by atoms with Crippen LogP contribution in [0, 0.1) is 19.8 Å². The highest BCUT2D eigenvalue weighted by molar-refractivity contribution is 5.81. The topological polar surface area (TPSA) is 76.7 Å². The average molecular weight is 374 g/mol. The van der Waals surface area contributed by atoms with Crippen LogP contribution in [0.3, 0.4) is 0 Å². The number of hydrogen-bond donors (Lipinski definition) is 1. The first kappa shape index (κ1) is 19.5. The van der Waals surface area contributed by atoms with Crippen molar-refractivity contribution in [1.29, 1.82) is 0 Å². The number of piperazine rings is 1. The van der Waals surface area contributed by atoms with E-state index < -0.39 is 0 Å². The third-order valence-electron chi connectivity index (χ3n) is 5.83. The molecule has 0 radical (unpaired) electrons. The molecule has 1 aromatic rings. The predicted molar refractivity (Wildman–Crippen MR) is 102 cm³/mol. The molecular formula is C20H30N4O3. The fourth-order valence-electron chi connectivity index (χ4n) is 4.12. The van der Waals surface area contributed by atoms with E-state index in [-0.39, 0.29) is 23.6 Å². The number of H-pyrrole nitrogens is 1. The number of aryl methyl sites for hydroxylation is 2.